The van der Waals surface area contributed by atoms with E-state index in [9.17, 15) is 14.9 Å². The van der Waals surface area contributed by atoms with E-state index in [4.69, 9.17) is 0 Å². The molecule has 0 spiro atoms. The van der Waals surface area contributed by atoms with Crippen molar-refractivity contribution in [3.05, 3.63) is 40.0 Å². The maximum Gasteiger partial charge on any atom is 0.320 e. The molecule has 30 heavy (non-hydrogen) atoms. The lowest BCUT2D eigenvalue weighted by Gasteiger charge is -2.56. The topological polar surface area (TPSA) is 99.1 Å². The van der Waals surface area contributed by atoms with Crippen LogP contribution in [-0.2, 0) is 18.6 Å². The molecule has 9 nitrogen and oxygen atoms in total. The fraction of sp³-hybridized carbons (Fsp3) is 0.667. The van der Waals surface area contributed by atoms with Gasteiger partial charge in [-0.1, -0.05) is 0 Å². The summed E-state index contributed by atoms with van der Waals surface area (Å²) in [6.07, 6.45) is 10.1. The van der Waals surface area contributed by atoms with Crippen molar-refractivity contribution in [3.8, 4) is 0 Å². The Kier molecular flexibility index (Phi) is 4.44. The Morgan fingerprint density at radius 1 is 1.27 bits per heavy atom. The van der Waals surface area contributed by atoms with Crippen molar-refractivity contribution in [1.29, 1.82) is 0 Å². The summed E-state index contributed by atoms with van der Waals surface area (Å²) in [6, 6.07) is 1.86. The van der Waals surface area contributed by atoms with Crippen molar-refractivity contribution >= 4 is 11.6 Å². The molecule has 0 radical (unpaired) electrons. The fourth-order valence-corrected chi connectivity index (χ4v) is 6.51. The predicted molar refractivity (Wildman–Crippen MR) is 109 cm³/mol. The molecule has 4 saturated carbocycles. The zero-order valence-electron chi connectivity index (χ0n) is 17.5. The molecule has 4 fully saturated rings. The first-order valence-electron chi connectivity index (χ1n) is 10.9. The molecule has 1 amide bonds. The number of aryl methyl sites for hydroxylation is 1. The molecular weight excluding hydrogens is 384 g/mol. The van der Waals surface area contributed by atoms with Crippen LogP contribution in [0.5, 0.6) is 0 Å². The highest BCUT2D eigenvalue weighted by molar-refractivity contribution is 5.95. The highest BCUT2D eigenvalue weighted by Crippen LogP contribution is 2.58. The van der Waals surface area contributed by atoms with Gasteiger partial charge in [-0.15, -0.1) is 0 Å². The van der Waals surface area contributed by atoms with E-state index in [2.05, 4.69) is 10.2 Å². The maximum absolute atomic E-state index is 13.2. The third-order valence-electron chi connectivity index (χ3n) is 7.44. The molecule has 6 rings (SSSR count). The highest BCUT2D eigenvalue weighted by atomic mass is 16.6. The minimum atomic E-state index is -0.471. The van der Waals surface area contributed by atoms with Gasteiger partial charge in [0, 0.05) is 19.8 Å². The smallest absolute Gasteiger partial charge is 0.320 e. The number of aromatic nitrogens is 4. The molecule has 9 heteroatoms. The molecule has 4 bridgehead atoms. The first kappa shape index (κ1) is 19.3. The summed E-state index contributed by atoms with van der Waals surface area (Å²) in [5.41, 5.74) is 0.487. The zero-order chi connectivity index (χ0) is 21.0. The van der Waals surface area contributed by atoms with Gasteiger partial charge in [0.05, 0.1) is 22.7 Å². The van der Waals surface area contributed by atoms with Crippen LogP contribution >= 0.6 is 0 Å². The van der Waals surface area contributed by atoms with Gasteiger partial charge in [0.25, 0.3) is 5.91 Å². The van der Waals surface area contributed by atoms with Crippen molar-refractivity contribution < 1.29 is 9.72 Å². The van der Waals surface area contributed by atoms with Crippen LogP contribution in [0.15, 0.2) is 18.5 Å². The van der Waals surface area contributed by atoms with E-state index >= 15 is 0 Å². The Balaban J connectivity index is 1.45. The summed E-state index contributed by atoms with van der Waals surface area (Å²) < 4.78 is 3.61. The molecule has 0 unspecified atom stereocenters. The average Bonchev–Trinajstić information content (AvgIpc) is 3.33. The van der Waals surface area contributed by atoms with Crippen molar-refractivity contribution in [3.63, 3.8) is 0 Å². The van der Waals surface area contributed by atoms with Crippen molar-refractivity contribution in [2.75, 3.05) is 7.05 Å². The van der Waals surface area contributed by atoms with E-state index in [1.54, 1.807) is 17.9 Å². The lowest BCUT2D eigenvalue weighted by Crippen LogP contribution is -2.52. The van der Waals surface area contributed by atoms with Crippen LogP contribution in [0, 0.1) is 27.9 Å². The zero-order valence-corrected chi connectivity index (χ0v) is 17.5. The first-order valence-corrected chi connectivity index (χ1v) is 10.9. The van der Waals surface area contributed by atoms with E-state index in [0.717, 1.165) is 25.0 Å². The van der Waals surface area contributed by atoms with Crippen LogP contribution in [0.2, 0.25) is 0 Å². The second-order valence-corrected chi connectivity index (χ2v) is 9.51. The summed E-state index contributed by atoms with van der Waals surface area (Å²) in [4.78, 5) is 25.9. The largest absolute Gasteiger partial charge is 0.334 e. The summed E-state index contributed by atoms with van der Waals surface area (Å²) in [6.45, 7) is 3.01. The van der Waals surface area contributed by atoms with Crippen LogP contribution in [0.3, 0.4) is 0 Å². The van der Waals surface area contributed by atoms with Crippen LogP contribution in [0.1, 0.15) is 61.6 Å². The third kappa shape index (κ3) is 3.02. The summed E-state index contributed by atoms with van der Waals surface area (Å²) in [5.74, 6) is 1.65. The van der Waals surface area contributed by atoms with Crippen LogP contribution in [-0.4, -0.2) is 42.3 Å². The molecule has 0 saturated heterocycles. The molecule has 4 aliphatic carbocycles. The summed E-state index contributed by atoms with van der Waals surface area (Å²) in [7, 11) is 1.66. The van der Waals surface area contributed by atoms with Crippen LogP contribution in [0.25, 0.3) is 0 Å². The van der Waals surface area contributed by atoms with Gasteiger partial charge in [-0.3, -0.25) is 24.3 Å². The average molecular weight is 412 g/mol. The Morgan fingerprint density at radius 2 is 1.90 bits per heavy atom. The number of hydrogen-bond donors (Lipinski definition) is 0. The fourth-order valence-electron chi connectivity index (χ4n) is 6.51. The third-order valence-corrected chi connectivity index (χ3v) is 7.44. The molecule has 2 aromatic rings. The number of amides is 1. The molecule has 0 N–H and O–H groups in total. The monoisotopic (exact) mass is 412 g/mol. The first-order chi connectivity index (χ1) is 14.4. The lowest BCUT2D eigenvalue weighted by atomic mass is 9.53. The van der Waals surface area contributed by atoms with E-state index in [-0.39, 0.29) is 16.9 Å². The van der Waals surface area contributed by atoms with E-state index in [0.29, 0.717) is 30.8 Å². The molecule has 4 aliphatic rings. The molecule has 0 aromatic carbocycles. The van der Waals surface area contributed by atoms with Crippen LogP contribution in [0.4, 0.5) is 5.69 Å². The SMILES string of the molecule is CCn1nccc1CN(C)C(=O)c1nn(C23CC4CC(CC(C4)C2)C3)cc1[N+](=O)[O-]. The van der Waals surface area contributed by atoms with Gasteiger partial charge >= 0.3 is 5.69 Å². The minimum absolute atomic E-state index is 0.0548. The minimum Gasteiger partial charge on any atom is -0.334 e. The summed E-state index contributed by atoms with van der Waals surface area (Å²) >= 11 is 0. The van der Waals surface area contributed by atoms with Crippen molar-refractivity contribution in [2.45, 2.75) is 64.1 Å². The molecule has 160 valence electrons. The number of nitrogens with zero attached hydrogens (tertiary/aromatic N) is 6. The second-order valence-electron chi connectivity index (χ2n) is 9.51. The normalized spacial score (nSPS) is 29.3. The van der Waals surface area contributed by atoms with E-state index < -0.39 is 10.8 Å². The molecule has 2 heterocycles. The van der Waals surface area contributed by atoms with Gasteiger partial charge in [-0.05, 0) is 69.3 Å². The molecular formula is C21H28N6O3. The van der Waals surface area contributed by atoms with Crippen LogP contribution < -0.4 is 0 Å². The quantitative estimate of drug-likeness (QED) is 0.536. The van der Waals surface area contributed by atoms with Gasteiger partial charge in [-0.2, -0.15) is 10.2 Å². The summed E-state index contributed by atoms with van der Waals surface area (Å²) in [5, 5.41) is 20.6. The van der Waals surface area contributed by atoms with Crippen molar-refractivity contribution in [1.82, 2.24) is 24.5 Å². The molecule has 2 aromatic heterocycles. The standard InChI is InChI=1S/C21H28N6O3/c1-3-25-17(4-5-22-25)12-24(2)20(28)19-18(27(29)30)13-26(23-19)21-9-14-6-15(10-21)8-16(7-14)11-21/h4-5,13-16H,3,6-12H2,1-2H3. The highest BCUT2D eigenvalue weighted by Gasteiger charge is 2.53. The molecule has 0 aliphatic heterocycles. The number of rotatable bonds is 6. The lowest BCUT2D eigenvalue weighted by molar-refractivity contribution is -0.385. The number of carbonyl (C=O) groups excluding carboxylic acids is 1. The second kappa shape index (κ2) is 6.92. The van der Waals surface area contributed by atoms with Gasteiger partial charge < -0.3 is 4.90 Å². The number of carbonyl (C=O) groups is 1. The Morgan fingerprint density at radius 3 is 2.47 bits per heavy atom. The van der Waals surface area contributed by atoms with Gasteiger partial charge in [-0.25, -0.2) is 0 Å². The maximum atomic E-state index is 13.2. The Hall–Kier alpha value is -2.71. The van der Waals surface area contributed by atoms with Gasteiger partial charge in [0.1, 0.15) is 6.20 Å². The van der Waals surface area contributed by atoms with Crippen molar-refractivity contribution in [2.24, 2.45) is 17.8 Å². The predicted octanol–water partition coefficient (Wildman–Crippen LogP) is 3.21. The van der Waals surface area contributed by atoms with E-state index in [1.165, 1.54) is 30.4 Å². The van der Waals surface area contributed by atoms with Gasteiger partial charge in [0.15, 0.2) is 0 Å². The Bertz CT molecular complexity index is 957. The number of nitro groups is 1. The van der Waals surface area contributed by atoms with Gasteiger partial charge in [0.2, 0.25) is 5.69 Å². The Labute approximate surface area is 175 Å². The van der Waals surface area contributed by atoms with E-state index in [1.807, 2.05) is 17.7 Å². The number of hydrogen-bond acceptors (Lipinski definition) is 5. The molecule has 0 atom stereocenters.